The topological polar surface area (TPSA) is 113 Å². The third kappa shape index (κ3) is 7.24. The Labute approximate surface area is 194 Å². The number of nitrogens with one attached hydrogen (secondary N) is 1. The van der Waals surface area contributed by atoms with E-state index in [0.29, 0.717) is 29.5 Å². The van der Waals surface area contributed by atoms with Gasteiger partial charge in [-0.2, -0.15) is 0 Å². The molecule has 0 bridgehead atoms. The summed E-state index contributed by atoms with van der Waals surface area (Å²) in [6.45, 7) is 0.526. The summed E-state index contributed by atoms with van der Waals surface area (Å²) in [7, 11) is 4.07. The normalized spacial score (nSPS) is 11.1. The van der Waals surface area contributed by atoms with Gasteiger partial charge in [0.05, 0.1) is 32.8 Å². The maximum atomic E-state index is 12.5. The molecule has 2 rings (SSSR count). The molecule has 0 radical (unpaired) electrons. The molecule has 0 atom stereocenters. The Morgan fingerprint density at radius 2 is 1.58 bits per heavy atom. The maximum absolute atomic E-state index is 12.5. The van der Waals surface area contributed by atoms with Crippen molar-refractivity contribution in [2.75, 3.05) is 55.2 Å². The molecule has 0 aromatic heterocycles. The van der Waals surface area contributed by atoms with Gasteiger partial charge in [-0.25, -0.2) is 13.1 Å². The fourth-order valence-corrected chi connectivity index (χ4v) is 3.93. The Balaban J connectivity index is 1.97. The van der Waals surface area contributed by atoms with Crippen molar-refractivity contribution in [3.63, 3.8) is 0 Å². The van der Waals surface area contributed by atoms with E-state index < -0.39 is 10.0 Å². The van der Waals surface area contributed by atoms with Gasteiger partial charge < -0.3 is 28.6 Å². The lowest BCUT2D eigenvalue weighted by Gasteiger charge is -2.20. The van der Waals surface area contributed by atoms with Crippen LogP contribution in [0.15, 0.2) is 41.3 Å². The highest BCUT2D eigenvalue weighted by molar-refractivity contribution is 7.89. The molecule has 0 aliphatic heterocycles. The third-order valence-electron chi connectivity index (χ3n) is 4.66. The highest BCUT2D eigenvalue weighted by Gasteiger charge is 2.17. The number of amides is 1. The summed E-state index contributed by atoms with van der Waals surface area (Å²) < 4.78 is 53.1. The molecule has 0 spiro atoms. The molecule has 0 saturated heterocycles. The number of hydrogen-bond acceptors (Lipinski definition) is 8. The Morgan fingerprint density at radius 3 is 2.09 bits per heavy atom. The van der Waals surface area contributed by atoms with Gasteiger partial charge in [-0.15, -0.1) is 0 Å². The number of benzene rings is 2. The zero-order valence-electron chi connectivity index (χ0n) is 19.4. The number of methoxy groups -OCH3 is 4. The number of likely N-dealkylation sites (N-methyl/N-ethyl adjacent to an activating group) is 1. The standard InChI is InChI=1S/C22H30N2O8S/c1-24(14-16-12-19(29-3)22(31-5)20(13-16)30-4)21(25)15-32-17-6-8-18(9-7-17)33(26,27)23-10-11-28-2/h6-9,12-13,23H,10-11,14-15H2,1-5H3. The zero-order chi connectivity index (χ0) is 24.4. The Morgan fingerprint density at radius 1 is 0.970 bits per heavy atom. The van der Waals surface area contributed by atoms with Crippen molar-refractivity contribution in [2.24, 2.45) is 0 Å². The summed E-state index contributed by atoms with van der Waals surface area (Å²) >= 11 is 0. The van der Waals surface area contributed by atoms with Gasteiger partial charge in [0.1, 0.15) is 5.75 Å². The van der Waals surface area contributed by atoms with E-state index in [1.165, 1.54) is 57.6 Å². The number of carbonyl (C=O) groups excluding carboxylic acids is 1. The fraction of sp³-hybridized carbons (Fsp3) is 0.409. The Kier molecular flexibility index (Phi) is 9.76. The van der Waals surface area contributed by atoms with Gasteiger partial charge in [0, 0.05) is 27.2 Å². The second kappa shape index (κ2) is 12.3. The first kappa shape index (κ1) is 26.2. The van der Waals surface area contributed by atoms with Crippen molar-refractivity contribution in [1.29, 1.82) is 0 Å². The molecule has 0 unspecified atom stereocenters. The van der Waals surface area contributed by atoms with Crippen LogP contribution in [0.5, 0.6) is 23.0 Å². The lowest BCUT2D eigenvalue weighted by atomic mass is 10.1. The summed E-state index contributed by atoms with van der Waals surface area (Å²) in [4.78, 5) is 14.1. The van der Waals surface area contributed by atoms with Crippen LogP contribution in [0.2, 0.25) is 0 Å². The van der Waals surface area contributed by atoms with Crippen molar-refractivity contribution < 1.29 is 36.9 Å². The molecule has 0 aliphatic carbocycles. The number of ether oxygens (including phenoxy) is 5. The summed E-state index contributed by atoms with van der Waals surface area (Å²) in [5, 5.41) is 0. The van der Waals surface area contributed by atoms with Crippen molar-refractivity contribution in [3.8, 4) is 23.0 Å². The molecule has 10 nitrogen and oxygen atoms in total. The monoisotopic (exact) mass is 482 g/mol. The van der Waals surface area contributed by atoms with Crippen LogP contribution in [0.4, 0.5) is 0 Å². The van der Waals surface area contributed by atoms with Crippen LogP contribution in [0.25, 0.3) is 0 Å². The predicted molar refractivity (Wildman–Crippen MR) is 122 cm³/mol. The second-order valence-corrected chi connectivity index (χ2v) is 8.70. The Hall–Kier alpha value is -3.02. The van der Waals surface area contributed by atoms with E-state index in [-0.39, 0.29) is 30.6 Å². The van der Waals surface area contributed by atoms with Crippen molar-refractivity contribution in [2.45, 2.75) is 11.4 Å². The van der Waals surface area contributed by atoms with E-state index in [4.69, 9.17) is 23.7 Å². The average molecular weight is 483 g/mol. The molecule has 33 heavy (non-hydrogen) atoms. The zero-order valence-corrected chi connectivity index (χ0v) is 20.2. The summed E-state index contributed by atoms with van der Waals surface area (Å²) in [6.07, 6.45) is 0. The predicted octanol–water partition coefficient (Wildman–Crippen LogP) is 1.67. The molecular weight excluding hydrogens is 452 g/mol. The Bertz CT molecular complexity index is 1000. The second-order valence-electron chi connectivity index (χ2n) is 6.93. The van der Waals surface area contributed by atoms with Crippen molar-refractivity contribution in [3.05, 3.63) is 42.0 Å². The van der Waals surface area contributed by atoms with E-state index in [1.807, 2.05) is 0 Å². The largest absolute Gasteiger partial charge is 0.493 e. The van der Waals surface area contributed by atoms with E-state index in [9.17, 15) is 13.2 Å². The number of nitrogens with zero attached hydrogens (tertiary/aromatic N) is 1. The van der Waals surface area contributed by atoms with Crippen LogP contribution in [-0.4, -0.2) is 74.5 Å². The minimum Gasteiger partial charge on any atom is -0.493 e. The fourth-order valence-electron chi connectivity index (χ4n) is 2.92. The van der Waals surface area contributed by atoms with Gasteiger partial charge >= 0.3 is 0 Å². The van der Waals surface area contributed by atoms with Crippen molar-refractivity contribution in [1.82, 2.24) is 9.62 Å². The van der Waals surface area contributed by atoms with Gasteiger partial charge in [-0.05, 0) is 42.0 Å². The first-order chi connectivity index (χ1) is 15.7. The lowest BCUT2D eigenvalue weighted by molar-refractivity contribution is -0.132. The summed E-state index contributed by atoms with van der Waals surface area (Å²) in [5.74, 6) is 1.58. The molecule has 1 amide bonds. The first-order valence-electron chi connectivity index (χ1n) is 10.00. The van der Waals surface area contributed by atoms with Crippen LogP contribution in [-0.2, 0) is 26.1 Å². The van der Waals surface area contributed by atoms with Crippen LogP contribution < -0.4 is 23.7 Å². The van der Waals surface area contributed by atoms with E-state index in [2.05, 4.69) is 4.72 Å². The number of rotatable bonds is 13. The van der Waals surface area contributed by atoms with Gasteiger partial charge in [0.15, 0.2) is 18.1 Å². The lowest BCUT2D eigenvalue weighted by Crippen LogP contribution is -2.31. The quantitative estimate of drug-likeness (QED) is 0.429. The number of hydrogen-bond donors (Lipinski definition) is 1. The highest BCUT2D eigenvalue weighted by atomic mass is 32.2. The molecule has 1 N–H and O–H groups in total. The average Bonchev–Trinajstić information content (AvgIpc) is 2.82. The molecule has 0 aliphatic rings. The summed E-state index contributed by atoms with van der Waals surface area (Å²) in [6, 6.07) is 9.36. The molecule has 2 aromatic rings. The highest BCUT2D eigenvalue weighted by Crippen LogP contribution is 2.38. The van der Waals surface area contributed by atoms with Crippen LogP contribution >= 0.6 is 0 Å². The molecular formula is C22H30N2O8S. The number of carbonyl (C=O) groups is 1. The van der Waals surface area contributed by atoms with Gasteiger partial charge in [0.25, 0.3) is 5.91 Å². The minimum atomic E-state index is -3.64. The maximum Gasteiger partial charge on any atom is 0.260 e. The van der Waals surface area contributed by atoms with Gasteiger partial charge in [-0.3, -0.25) is 4.79 Å². The molecule has 2 aromatic carbocycles. The van der Waals surface area contributed by atoms with Crippen LogP contribution in [0.1, 0.15) is 5.56 Å². The van der Waals surface area contributed by atoms with E-state index >= 15 is 0 Å². The molecule has 0 fully saturated rings. The SMILES string of the molecule is COCCNS(=O)(=O)c1ccc(OCC(=O)N(C)Cc2cc(OC)c(OC)c(OC)c2)cc1. The van der Waals surface area contributed by atoms with E-state index in [1.54, 1.807) is 19.2 Å². The summed E-state index contributed by atoms with van der Waals surface area (Å²) in [5.41, 5.74) is 0.788. The molecule has 0 saturated carbocycles. The molecule has 0 heterocycles. The van der Waals surface area contributed by atoms with Gasteiger partial charge in [0.2, 0.25) is 15.8 Å². The molecule has 11 heteroatoms. The smallest absolute Gasteiger partial charge is 0.260 e. The van der Waals surface area contributed by atoms with Crippen LogP contribution in [0, 0.1) is 0 Å². The third-order valence-corrected chi connectivity index (χ3v) is 6.14. The van der Waals surface area contributed by atoms with E-state index in [0.717, 1.165) is 5.56 Å². The molecule has 182 valence electrons. The first-order valence-corrected chi connectivity index (χ1v) is 11.5. The number of sulfonamides is 1. The van der Waals surface area contributed by atoms with Crippen molar-refractivity contribution >= 4 is 15.9 Å². The van der Waals surface area contributed by atoms with Crippen LogP contribution in [0.3, 0.4) is 0 Å². The van der Waals surface area contributed by atoms with Gasteiger partial charge in [-0.1, -0.05) is 0 Å². The minimum absolute atomic E-state index is 0.0943.